The number of halogens is 2. The molecule has 0 fully saturated rings. The van der Waals surface area contributed by atoms with E-state index in [1.165, 1.54) is 0 Å². The van der Waals surface area contributed by atoms with E-state index in [1.807, 2.05) is 26.0 Å². The first-order chi connectivity index (χ1) is 9.43. The highest BCUT2D eigenvalue weighted by Crippen LogP contribution is 2.29. The molecule has 4 heteroatoms. The van der Waals surface area contributed by atoms with Gasteiger partial charge in [-0.25, -0.2) is 0 Å². The second kappa shape index (κ2) is 5.98. The molecular formula is C16H14BrClO2. The average Bonchev–Trinajstić information content (AvgIpc) is 2.40. The molecule has 0 N–H and O–H groups in total. The van der Waals surface area contributed by atoms with Gasteiger partial charge in [0, 0.05) is 10.0 Å². The first-order valence-corrected chi connectivity index (χ1v) is 7.26. The monoisotopic (exact) mass is 352 g/mol. The van der Waals surface area contributed by atoms with Crippen LogP contribution in [-0.4, -0.2) is 12.9 Å². The van der Waals surface area contributed by atoms with Crippen LogP contribution in [0.1, 0.15) is 27.0 Å². The summed E-state index contributed by atoms with van der Waals surface area (Å²) in [6.45, 7) is 3.88. The van der Waals surface area contributed by atoms with Crippen LogP contribution >= 0.6 is 27.5 Å². The van der Waals surface area contributed by atoms with Crippen LogP contribution in [0.2, 0.25) is 5.02 Å². The number of aryl methyl sites for hydroxylation is 2. The fourth-order valence-corrected chi connectivity index (χ4v) is 2.59. The lowest BCUT2D eigenvalue weighted by molar-refractivity contribution is 0.103. The van der Waals surface area contributed by atoms with Crippen molar-refractivity contribution in [3.63, 3.8) is 0 Å². The Morgan fingerprint density at radius 2 is 1.90 bits per heavy atom. The van der Waals surface area contributed by atoms with Gasteiger partial charge in [-0.3, -0.25) is 4.79 Å². The predicted octanol–water partition coefficient (Wildman–Crippen LogP) is 4.96. The second-order valence-corrected chi connectivity index (χ2v) is 5.88. The molecule has 0 heterocycles. The molecule has 0 spiro atoms. The third-order valence-electron chi connectivity index (χ3n) is 3.07. The van der Waals surface area contributed by atoms with Crippen LogP contribution in [0, 0.1) is 13.8 Å². The number of hydrogen-bond acceptors (Lipinski definition) is 2. The molecule has 0 bridgehead atoms. The maximum Gasteiger partial charge on any atom is 0.197 e. The van der Waals surface area contributed by atoms with Crippen molar-refractivity contribution in [2.75, 3.05) is 7.11 Å². The van der Waals surface area contributed by atoms with Crippen LogP contribution in [0.4, 0.5) is 0 Å². The van der Waals surface area contributed by atoms with Gasteiger partial charge in [-0.2, -0.15) is 0 Å². The third-order valence-corrected chi connectivity index (χ3v) is 4.30. The van der Waals surface area contributed by atoms with E-state index in [0.29, 0.717) is 21.9 Å². The summed E-state index contributed by atoms with van der Waals surface area (Å²) in [5, 5.41) is 0.514. The van der Waals surface area contributed by atoms with E-state index in [0.717, 1.165) is 15.6 Å². The Morgan fingerprint density at radius 3 is 2.50 bits per heavy atom. The maximum atomic E-state index is 12.7. The topological polar surface area (TPSA) is 26.3 Å². The van der Waals surface area contributed by atoms with Gasteiger partial charge in [0.1, 0.15) is 5.75 Å². The summed E-state index contributed by atoms with van der Waals surface area (Å²) in [6.07, 6.45) is 0. The Labute approximate surface area is 131 Å². The van der Waals surface area contributed by atoms with Gasteiger partial charge in [-0.1, -0.05) is 17.7 Å². The summed E-state index contributed by atoms with van der Waals surface area (Å²) in [7, 11) is 1.57. The molecule has 0 amide bonds. The van der Waals surface area contributed by atoms with Crippen molar-refractivity contribution in [3.8, 4) is 5.75 Å². The first-order valence-electron chi connectivity index (χ1n) is 6.09. The van der Waals surface area contributed by atoms with Gasteiger partial charge in [-0.05, 0) is 65.2 Å². The van der Waals surface area contributed by atoms with Crippen LogP contribution in [0.3, 0.4) is 0 Å². The summed E-state index contributed by atoms with van der Waals surface area (Å²) in [5.41, 5.74) is 3.08. The van der Waals surface area contributed by atoms with Crippen molar-refractivity contribution < 1.29 is 9.53 Å². The van der Waals surface area contributed by atoms with Gasteiger partial charge in [0.2, 0.25) is 0 Å². The molecule has 2 aromatic rings. The van der Waals surface area contributed by atoms with Crippen molar-refractivity contribution in [1.82, 2.24) is 0 Å². The van der Waals surface area contributed by atoms with Crippen molar-refractivity contribution >= 4 is 33.3 Å². The zero-order valence-electron chi connectivity index (χ0n) is 11.5. The minimum Gasteiger partial charge on any atom is -0.496 e. The van der Waals surface area contributed by atoms with Crippen LogP contribution < -0.4 is 4.74 Å². The SMILES string of the molecule is COc1cc(C)cc(C)c1C(=O)c1ccc(Br)c(Cl)c1. The molecule has 0 saturated carbocycles. The van der Waals surface area contributed by atoms with E-state index in [9.17, 15) is 4.79 Å². The molecule has 2 rings (SSSR count). The minimum absolute atomic E-state index is 0.0891. The molecule has 0 aromatic heterocycles. The zero-order chi connectivity index (χ0) is 14.9. The number of methoxy groups -OCH3 is 1. The first kappa shape index (κ1) is 15.1. The van der Waals surface area contributed by atoms with Gasteiger partial charge in [-0.15, -0.1) is 0 Å². The lowest BCUT2D eigenvalue weighted by Gasteiger charge is -2.12. The summed E-state index contributed by atoms with van der Waals surface area (Å²) < 4.78 is 6.11. The molecule has 0 aliphatic rings. The fraction of sp³-hybridized carbons (Fsp3) is 0.188. The Bertz CT molecular complexity index is 680. The number of benzene rings is 2. The van der Waals surface area contributed by atoms with Gasteiger partial charge < -0.3 is 4.74 Å². The number of ether oxygens (including phenoxy) is 1. The number of rotatable bonds is 3. The lowest BCUT2D eigenvalue weighted by atomic mass is 9.96. The van der Waals surface area contributed by atoms with Crippen molar-refractivity contribution in [2.24, 2.45) is 0 Å². The highest BCUT2D eigenvalue weighted by Gasteiger charge is 2.18. The van der Waals surface area contributed by atoms with Gasteiger partial charge >= 0.3 is 0 Å². The number of carbonyl (C=O) groups is 1. The van der Waals surface area contributed by atoms with Crippen molar-refractivity contribution in [3.05, 3.63) is 62.1 Å². The lowest BCUT2D eigenvalue weighted by Crippen LogP contribution is -2.07. The summed E-state index contributed by atoms with van der Waals surface area (Å²) in [4.78, 5) is 12.7. The normalized spacial score (nSPS) is 10.4. The molecule has 0 saturated heterocycles. The van der Waals surface area contributed by atoms with Crippen LogP contribution in [0.5, 0.6) is 5.75 Å². The van der Waals surface area contributed by atoms with Gasteiger partial charge in [0.25, 0.3) is 0 Å². The molecule has 20 heavy (non-hydrogen) atoms. The second-order valence-electron chi connectivity index (χ2n) is 4.62. The number of hydrogen-bond donors (Lipinski definition) is 0. The third kappa shape index (κ3) is 2.89. The quantitative estimate of drug-likeness (QED) is 0.729. The van der Waals surface area contributed by atoms with E-state index in [4.69, 9.17) is 16.3 Å². The average molecular weight is 354 g/mol. The zero-order valence-corrected chi connectivity index (χ0v) is 13.8. The molecule has 2 nitrogen and oxygen atoms in total. The van der Waals surface area contributed by atoms with E-state index in [2.05, 4.69) is 15.9 Å². The Kier molecular flexibility index (Phi) is 4.51. The number of carbonyl (C=O) groups excluding carboxylic acids is 1. The highest BCUT2D eigenvalue weighted by atomic mass is 79.9. The Hall–Kier alpha value is -1.32. The smallest absolute Gasteiger partial charge is 0.197 e. The fourth-order valence-electron chi connectivity index (χ4n) is 2.16. The van der Waals surface area contributed by atoms with Gasteiger partial charge in [0.15, 0.2) is 5.78 Å². The van der Waals surface area contributed by atoms with E-state index in [1.54, 1.807) is 25.3 Å². The van der Waals surface area contributed by atoms with Crippen LogP contribution in [0.15, 0.2) is 34.8 Å². The standard InChI is InChI=1S/C16H14BrClO2/c1-9-6-10(2)15(14(7-9)20-3)16(19)11-4-5-12(17)13(18)8-11/h4-8H,1-3H3. The van der Waals surface area contributed by atoms with Gasteiger partial charge in [0.05, 0.1) is 17.7 Å². The molecular weight excluding hydrogens is 340 g/mol. The Balaban J connectivity index is 2.55. The van der Waals surface area contributed by atoms with Crippen molar-refractivity contribution in [1.29, 1.82) is 0 Å². The molecule has 0 atom stereocenters. The summed E-state index contributed by atoms with van der Waals surface area (Å²) >= 11 is 9.37. The number of ketones is 1. The molecule has 0 unspecified atom stereocenters. The van der Waals surface area contributed by atoms with E-state index < -0.39 is 0 Å². The summed E-state index contributed by atoms with van der Waals surface area (Å²) in [5.74, 6) is 0.500. The predicted molar refractivity (Wildman–Crippen MR) is 85.1 cm³/mol. The molecule has 0 aliphatic carbocycles. The molecule has 0 aliphatic heterocycles. The van der Waals surface area contributed by atoms with Crippen molar-refractivity contribution in [2.45, 2.75) is 13.8 Å². The van der Waals surface area contributed by atoms with E-state index in [-0.39, 0.29) is 5.78 Å². The van der Waals surface area contributed by atoms with E-state index >= 15 is 0 Å². The summed E-state index contributed by atoms with van der Waals surface area (Å²) in [6, 6.07) is 9.01. The minimum atomic E-state index is -0.0891. The molecule has 0 radical (unpaired) electrons. The molecule has 104 valence electrons. The highest BCUT2D eigenvalue weighted by molar-refractivity contribution is 9.10. The van der Waals surface area contributed by atoms with Crippen LogP contribution in [-0.2, 0) is 0 Å². The molecule has 2 aromatic carbocycles. The maximum absolute atomic E-state index is 12.7. The largest absolute Gasteiger partial charge is 0.496 e. The Morgan fingerprint density at radius 1 is 1.20 bits per heavy atom. The van der Waals surface area contributed by atoms with Crippen LogP contribution in [0.25, 0.3) is 0 Å².